The molecule has 0 spiro atoms. The summed E-state index contributed by atoms with van der Waals surface area (Å²) in [7, 11) is 0. The fourth-order valence-corrected chi connectivity index (χ4v) is 3.68. The zero-order valence-corrected chi connectivity index (χ0v) is 17.5. The summed E-state index contributed by atoms with van der Waals surface area (Å²) in [5.41, 5.74) is 1.57. The topological polar surface area (TPSA) is 87.1 Å². The average Bonchev–Trinajstić information content (AvgIpc) is 2.95. The highest BCUT2D eigenvalue weighted by molar-refractivity contribution is 6.09. The van der Waals surface area contributed by atoms with E-state index in [9.17, 15) is 19.8 Å². The molecule has 2 aromatic carbocycles. The summed E-state index contributed by atoms with van der Waals surface area (Å²) in [6, 6.07) is 13.4. The predicted molar refractivity (Wildman–Crippen MR) is 113 cm³/mol. The van der Waals surface area contributed by atoms with Gasteiger partial charge in [-0.05, 0) is 36.1 Å². The maximum absolute atomic E-state index is 13.0. The standard InChI is InChI=1S/C24H27NO5/c1-4-30-20-13-17(10-11-18(20)26)22-21(19(27)12-15(2)3)23(28)24(29)25(22)14-16-8-6-5-7-9-16/h5-11,13,15,22,26,28H,4,12,14H2,1-3H3. The van der Waals surface area contributed by atoms with Crippen LogP contribution in [0.4, 0.5) is 0 Å². The molecule has 1 aliphatic rings. The van der Waals surface area contributed by atoms with Crippen LogP contribution in [0.25, 0.3) is 0 Å². The number of ether oxygens (including phenoxy) is 1. The van der Waals surface area contributed by atoms with E-state index in [1.54, 1.807) is 19.1 Å². The lowest BCUT2D eigenvalue weighted by molar-refractivity contribution is -0.130. The second kappa shape index (κ2) is 9.03. The minimum absolute atomic E-state index is 0.0252. The Morgan fingerprint density at radius 3 is 2.47 bits per heavy atom. The van der Waals surface area contributed by atoms with Crippen LogP contribution in [0.15, 0.2) is 59.9 Å². The number of phenols is 1. The van der Waals surface area contributed by atoms with Crippen LogP contribution in [0.2, 0.25) is 0 Å². The minimum Gasteiger partial charge on any atom is -0.504 e. The number of aliphatic hydroxyl groups is 1. The average molecular weight is 409 g/mol. The summed E-state index contributed by atoms with van der Waals surface area (Å²) in [6.07, 6.45) is 0.221. The van der Waals surface area contributed by atoms with Gasteiger partial charge in [0.1, 0.15) is 0 Å². The van der Waals surface area contributed by atoms with Gasteiger partial charge in [0.15, 0.2) is 23.0 Å². The molecule has 3 rings (SSSR count). The maximum atomic E-state index is 13.0. The van der Waals surface area contributed by atoms with Crippen LogP contribution in [-0.2, 0) is 16.1 Å². The lowest BCUT2D eigenvalue weighted by Gasteiger charge is -2.27. The Kier molecular flexibility index (Phi) is 6.45. The second-order valence-electron chi connectivity index (χ2n) is 7.76. The lowest BCUT2D eigenvalue weighted by Crippen LogP contribution is -2.30. The third-order valence-electron chi connectivity index (χ3n) is 4.99. The third-order valence-corrected chi connectivity index (χ3v) is 4.99. The van der Waals surface area contributed by atoms with Crippen molar-refractivity contribution in [1.29, 1.82) is 0 Å². The molecule has 1 atom stereocenters. The van der Waals surface area contributed by atoms with Crippen molar-refractivity contribution in [3.05, 3.63) is 71.0 Å². The van der Waals surface area contributed by atoms with Crippen molar-refractivity contribution in [1.82, 2.24) is 4.90 Å². The highest BCUT2D eigenvalue weighted by Crippen LogP contribution is 2.42. The van der Waals surface area contributed by atoms with E-state index in [1.165, 1.54) is 11.0 Å². The van der Waals surface area contributed by atoms with Crippen molar-refractivity contribution in [2.45, 2.75) is 39.8 Å². The first-order valence-corrected chi connectivity index (χ1v) is 10.1. The Hall–Kier alpha value is -3.28. The molecule has 0 aliphatic carbocycles. The quantitative estimate of drug-likeness (QED) is 0.679. The predicted octanol–water partition coefficient (Wildman–Crippen LogP) is 4.30. The summed E-state index contributed by atoms with van der Waals surface area (Å²) in [6.45, 7) is 6.22. The molecule has 2 N–H and O–H groups in total. The largest absolute Gasteiger partial charge is 0.504 e. The van der Waals surface area contributed by atoms with Gasteiger partial charge < -0.3 is 19.8 Å². The molecule has 0 saturated carbocycles. The van der Waals surface area contributed by atoms with E-state index in [0.717, 1.165) is 5.56 Å². The lowest BCUT2D eigenvalue weighted by atomic mass is 9.92. The number of benzene rings is 2. The highest BCUT2D eigenvalue weighted by Gasteiger charge is 2.43. The molecule has 0 fully saturated rings. The zero-order chi connectivity index (χ0) is 21.8. The SMILES string of the molecule is CCOc1cc(C2C(C(=O)CC(C)C)=C(O)C(=O)N2Cc2ccccc2)ccc1O. The van der Waals surface area contributed by atoms with Crippen molar-refractivity contribution < 1.29 is 24.5 Å². The maximum Gasteiger partial charge on any atom is 0.290 e. The molecular formula is C24H27NO5. The van der Waals surface area contributed by atoms with Crippen LogP contribution in [0.1, 0.15) is 44.4 Å². The molecule has 1 heterocycles. The number of amides is 1. The second-order valence-corrected chi connectivity index (χ2v) is 7.76. The monoisotopic (exact) mass is 409 g/mol. The fourth-order valence-electron chi connectivity index (χ4n) is 3.68. The van der Waals surface area contributed by atoms with Gasteiger partial charge >= 0.3 is 0 Å². The van der Waals surface area contributed by atoms with Gasteiger partial charge in [-0.15, -0.1) is 0 Å². The van der Waals surface area contributed by atoms with Crippen LogP contribution in [0, 0.1) is 5.92 Å². The van der Waals surface area contributed by atoms with Gasteiger partial charge in [0.2, 0.25) is 0 Å². The zero-order valence-electron chi connectivity index (χ0n) is 17.5. The van der Waals surface area contributed by atoms with Crippen LogP contribution in [0.3, 0.4) is 0 Å². The van der Waals surface area contributed by atoms with Crippen molar-refractivity contribution in [2.24, 2.45) is 5.92 Å². The van der Waals surface area contributed by atoms with E-state index in [1.807, 2.05) is 44.2 Å². The van der Waals surface area contributed by atoms with E-state index >= 15 is 0 Å². The number of phenolic OH excluding ortho intramolecular Hbond substituents is 1. The molecule has 0 bridgehead atoms. The number of rotatable bonds is 8. The minimum atomic E-state index is -0.760. The van der Waals surface area contributed by atoms with Crippen molar-refractivity contribution in [3.8, 4) is 11.5 Å². The summed E-state index contributed by atoms with van der Waals surface area (Å²) in [4.78, 5) is 27.4. The van der Waals surface area contributed by atoms with Crippen LogP contribution in [-0.4, -0.2) is 33.4 Å². The van der Waals surface area contributed by atoms with E-state index in [0.29, 0.717) is 12.2 Å². The first kappa shape index (κ1) is 21.4. The number of hydrogen-bond donors (Lipinski definition) is 2. The number of hydrogen-bond acceptors (Lipinski definition) is 5. The van der Waals surface area contributed by atoms with Crippen LogP contribution in [0.5, 0.6) is 11.5 Å². The molecule has 158 valence electrons. The van der Waals surface area contributed by atoms with Gasteiger partial charge in [0.05, 0.1) is 18.2 Å². The Bertz CT molecular complexity index is 965. The Morgan fingerprint density at radius 1 is 1.13 bits per heavy atom. The first-order valence-electron chi connectivity index (χ1n) is 10.1. The van der Waals surface area contributed by atoms with Crippen molar-refractivity contribution >= 4 is 11.7 Å². The molecule has 1 amide bonds. The van der Waals surface area contributed by atoms with Gasteiger partial charge in [0.25, 0.3) is 5.91 Å². The van der Waals surface area contributed by atoms with Crippen molar-refractivity contribution in [3.63, 3.8) is 0 Å². The molecule has 1 unspecified atom stereocenters. The molecule has 6 heteroatoms. The van der Waals surface area contributed by atoms with Gasteiger partial charge in [0, 0.05) is 13.0 Å². The fraction of sp³-hybridized carbons (Fsp3) is 0.333. The molecule has 0 aromatic heterocycles. The number of nitrogens with zero attached hydrogens (tertiary/aromatic N) is 1. The number of ketones is 1. The summed E-state index contributed by atoms with van der Waals surface area (Å²) in [5, 5.41) is 20.7. The summed E-state index contributed by atoms with van der Waals surface area (Å²) >= 11 is 0. The number of aromatic hydroxyl groups is 1. The molecular weight excluding hydrogens is 382 g/mol. The molecule has 1 aliphatic heterocycles. The molecule has 0 saturated heterocycles. The Balaban J connectivity index is 2.08. The van der Waals surface area contributed by atoms with Crippen LogP contribution >= 0.6 is 0 Å². The van der Waals surface area contributed by atoms with E-state index < -0.39 is 17.7 Å². The summed E-state index contributed by atoms with van der Waals surface area (Å²) < 4.78 is 5.49. The molecule has 30 heavy (non-hydrogen) atoms. The number of carbonyl (C=O) groups is 2. The number of carbonyl (C=O) groups excluding carboxylic acids is 2. The third kappa shape index (κ3) is 4.32. The van der Waals surface area contributed by atoms with Gasteiger partial charge in [-0.3, -0.25) is 9.59 Å². The first-order chi connectivity index (χ1) is 14.3. The molecule has 6 nitrogen and oxygen atoms in total. The Morgan fingerprint density at radius 2 is 1.83 bits per heavy atom. The summed E-state index contributed by atoms with van der Waals surface area (Å²) in [5.74, 6) is -1.03. The van der Waals surface area contributed by atoms with Gasteiger partial charge in [-0.1, -0.05) is 50.2 Å². The smallest absolute Gasteiger partial charge is 0.290 e. The van der Waals surface area contributed by atoms with Gasteiger partial charge in [-0.25, -0.2) is 0 Å². The van der Waals surface area contributed by atoms with Crippen molar-refractivity contribution in [2.75, 3.05) is 6.61 Å². The molecule has 2 aromatic rings. The molecule has 0 radical (unpaired) electrons. The number of aliphatic hydroxyl groups excluding tert-OH is 1. The van der Waals surface area contributed by atoms with Gasteiger partial charge in [-0.2, -0.15) is 0 Å². The van der Waals surface area contributed by atoms with E-state index in [-0.39, 0.29) is 41.7 Å². The normalized spacial score (nSPS) is 16.5. The van der Waals surface area contributed by atoms with E-state index in [2.05, 4.69) is 0 Å². The highest BCUT2D eigenvalue weighted by atomic mass is 16.5. The van der Waals surface area contributed by atoms with Crippen LogP contribution < -0.4 is 4.74 Å². The van der Waals surface area contributed by atoms with E-state index in [4.69, 9.17) is 4.74 Å². The Labute approximate surface area is 176 Å². The number of Topliss-reactive ketones (excluding diaryl/α,β-unsaturated/α-hetero) is 1.